The summed E-state index contributed by atoms with van der Waals surface area (Å²) >= 11 is 0. The zero-order valence-electron chi connectivity index (χ0n) is 21.3. The van der Waals surface area contributed by atoms with Crippen LogP contribution in [0.2, 0.25) is 0 Å². The van der Waals surface area contributed by atoms with E-state index in [4.69, 9.17) is 17.9 Å². The molecular weight excluding hydrogens is 469 g/mol. The Bertz CT molecular complexity index is 1720. The first-order valence-electron chi connectivity index (χ1n) is 12.5. The predicted octanol–water partition coefficient (Wildman–Crippen LogP) is 5.55. The molecule has 1 N–H and O–H groups in total. The van der Waals surface area contributed by atoms with Crippen LogP contribution >= 0.6 is 0 Å². The summed E-state index contributed by atoms with van der Waals surface area (Å²) in [5, 5.41) is 4.29. The van der Waals surface area contributed by atoms with Crippen molar-refractivity contribution in [3.63, 3.8) is 0 Å². The second-order valence-electron chi connectivity index (χ2n) is 9.43. The van der Waals surface area contributed by atoms with Crippen molar-refractivity contribution in [2.75, 3.05) is 0 Å². The van der Waals surface area contributed by atoms with Gasteiger partial charge in [-0.25, -0.2) is 14.5 Å². The van der Waals surface area contributed by atoms with Crippen LogP contribution in [0.5, 0.6) is 0 Å². The van der Waals surface area contributed by atoms with Crippen LogP contribution in [-0.4, -0.2) is 42.3 Å². The molecule has 0 aliphatic heterocycles. The highest BCUT2D eigenvalue weighted by Gasteiger charge is 2.18. The molecule has 38 heavy (non-hydrogen) atoms. The van der Waals surface area contributed by atoms with Gasteiger partial charge in [-0.05, 0) is 60.4 Å². The Kier molecular flexibility index (Phi) is 6.31. The third-order valence-electron chi connectivity index (χ3n) is 6.59. The highest BCUT2D eigenvalue weighted by Crippen LogP contribution is 2.31. The molecule has 0 amide bonds. The number of nitrogens with one attached hydrogen (secondary N) is 1. The number of pyridine rings is 2. The Hall–Kier alpha value is -4.56. The number of rotatable bonds is 7. The molecule has 0 aliphatic carbocycles. The number of hydrogen-bond acceptors (Lipinski definition) is 5. The molecule has 0 saturated heterocycles. The average Bonchev–Trinajstić information content (AvgIpc) is 3.56. The first-order valence-corrected chi connectivity index (χ1v) is 12.5. The molecule has 4 heterocycles. The van der Waals surface area contributed by atoms with Gasteiger partial charge in [0.2, 0.25) is 0 Å². The van der Waals surface area contributed by atoms with E-state index in [-0.39, 0.29) is 0 Å². The lowest BCUT2D eigenvalue weighted by atomic mass is 9.94. The molecule has 0 aliphatic rings. The van der Waals surface area contributed by atoms with E-state index in [1.165, 1.54) is 22.3 Å². The first-order chi connectivity index (χ1) is 18.5. The molecule has 0 atom stereocenters. The third kappa shape index (κ3) is 4.74. The maximum Gasteiger partial charge on any atom is 0.183 e. The normalized spacial score (nSPS) is 11.4. The summed E-state index contributed by atoms with van der Waals surface area (Å²) in [5.41, 5.74) is 9.89. The number of H-pyrrole nitrogens is 1. The SMILES string of the molecule is [B]N(Cc1nc(-c2ccc3ncnn3c2)c(-c2cccc(C)n2)[nH]1)Cc1cccc(C)c1-c1ccccc1. The molecule has 7 nitrogen and oxygen atoms in total. The van der Waals surface area contributed by atoms with Crippen LogP contribution < -0.4 is 0 Å². The molecule has 184 valence electrons. The van der Waals surface area contributed by atoms with Crippen LogP contribution in [0.15, 0.2) is 91.4 Å². The Morgan fingerprint density at radius 2 is 1.68 bits per heavy atom. The maximum absolute atomic E-state index is 6.59. The minimum Gasteiger partial charge on any atom is -0.344 e. The van der Waals surface area contributed by atoms with Gasteiger partial charge in [-0.2, -0.15) is 5.10 Å². The van der Waals surface area contributed by atoms with E-state index in [0.717, 1.165) is 39.8 Å². The first kappa shape index (κ1) is 23.8. The van der Waals surface area contributed by atoms with Gasteiger partial charge in [0.25, 0.3) is 0 Å². The van der Waals surface area contributed by atoms with Crippen LogP contribution in [0.25, 0.3) is 39.4 Å². The molecule has 0 unspecified atom stereocenters. The van der Waals surface area contributed by atoms with E-state index in [1.54, 1.807) is 15.7 Å². The predicted molar refractivity (Wildman–Crippen MR) is 150 cm³/mol. The van der Waals surface area contributed by atoms with Crippen molar-refractivity contribution in [2.24, 2.45) is 0 Å². The lowest BCUT2D eigenvalue weighted by molar-refractivity contribution is 0.433. The summed E-state index contributed by atoms with van der Waals surface area (Å²) in [7, 11) is 6.59. The molecule has 4 aromatic heterocycles. The summed E-state index contributed by atoms with van der Waals surface area (Å²) in [5.74, 6) is 0.758. The number of nitrogens with zero attached hydrogens (tertiary/aromatic N) is 6. The molecule has 6 rings (SSSR count). The quantitative estimate of drug-likeness (QED) is 0.294. The highest BCUT2D eigenvalue weighted by molar-refractivity contribution is 6.04. The highest BCUT2D eigenvalue weighted by atomic mass is 15.3. The average molecular weight is 495 g/mol. The number of hydrogen-bond donors (Lipinski definition) is 1. The number of aromatic amines is 1. The van der Waals surface area contributed by atoms with Gasteiger partial charge in [-0.15, -0.1) is 0 Å². The summed E-state index contributed by atoms with van der Waals surface area (Å²) in [6, 6.07) is 26.7. The molecular formula is C30H26BN7. The van der Waals surface area contributed by atoms with Crippen LogP contribution in [0.4, 0.5) is 0 Å². The van der Waals surface area contributed by atoms with Crippen LogP contribution in [0.3, 0.4) is 0 Å². The summed E-state index contributed by atoms with van der Waals surface area (Å²) in [6.07, 6.45) is 3.47. The smallest absolute Gasteiger partial charge is 0.183 e. The van der Waals surface area contributed by atoms with Gasteiger partial charge in [0.1, 0.15) is 12.2 Å². The van der Waals surface area contributed by atoms with Gasteiger partial charge in [0.05, 0.1) is 17.1 Å². The van der Waals surface area contributed by atoms with Crippen molar-refractivity contribution in [1.82, 2.24) is 34.4 Å². The van der Waals surface area contributed by atoms with Crippen molar-refractivity contribution in [3.05, 3.63) is 114 Å². The number of fused-ring (bicyclic) bond motifs is 1. The molecule has 0 fully saturated rings. The Balaban J connectivity index is 1.34. The fourth-order valence-corrected chi connectivity index (χ4v) is 4.88. The monoisotopic (exact) mass is 495 g/mol. The number of aromatic nitrogens is 6. The van der Waals surface area contributed by atoms with Gasteiger partial charge in [0, 0.05) is 30.5 Å². The lowest BCUT2D eigenvalue weighted by Gasteiger charge is -2.20. The summed E-state index contributed by atoms with van der Waals surface area (Å²) in [4.78, 5) is 19.3. The topological polar surface area (TPSA) is 75.0 Å². The van der Waals surface area contributed by atoms with Crippen LogP contribution in [0.1, 0.15) is 22.6 Å². The van der Waals surface area contributed by atoms with Crippen molar-refractivity contribution in [2.45, 2.75) is 26.9 Å². The maximum atomic E-state index is 6.59. The van der Waals surface area contributed by atoms with Crippen molar-refractivity contribution in [1.29, 1.82) is 0 Å². The fourth-order valence-electron chi connectivity index (χ4n) is 4.88. The van der Waals surface area contributed by atoms with E-state index < -0.39 is 0 Å². The van der Waals surface area contributed by atoms with Crippen molar-refractivity contribution >= 4 is 13.6 Å². The van der Waals surface area contributed by atoms with Gasteiger partial charge in [0.15, 0.2) is 13.6 Å². The molecule has 2 radical (unpaired) electrons. The number of aryl methyl sites for hydroxylation is 2. The fraction of sp³-hybridized carbons (Fsp3) is 0.133. The van der Waals surface area contributed by atoms with Crippen molar-refractivity contribution < 1.29 is 0 Å². The minimum absolute atomic E-state index is 0.437. The minimum atomic E-state index is 0.437. The van der Waals surface area contributed by atoms with Crippen LogP contribution in [-0.2, 0) is 13.1 Å². The number of imidazole rings is 1. The van der Waals surface area contributed by atoms with E-state index in [0.29, 0.717) is 13.1 Å². The van der Waals surface area contributed by atoms with E-state index >= 15 is 0 Å². The van der Waals surface area contributed by atoms with Gasteiger partial charge in [-0.3, -0.25) is 4.98 Å². The Morgan fingerprint density at radius 3 is 2.53 bits per heavy atom. The second-order valence-corrected chi connectivity index (χ2v) is 9.43. The molecule has 6 aromatic rings. The lowest BCUT2D eigenvalue weighted by Crippen LogP contribution is -2.20. The zero-order chi connectivity index (χ0) is 26.1. The van der Waals surface area contributed by atoms with E-state index in [1.807, 2.05) is 49.5 Å². The third-order valence-corrected chi connectivity index (χ3v) is 6.59. The van der Waals surface area contributed by atoms with E-state index in [2.05, 4.69) is 64.5 Å². The second kappa shape index (κ2) is 10.1. The van der Waals surface area contributed by atoms with Gasteiger partial charge < -0.3 is 9.79 Å². The largest absolute Gasteiger partial charge is 0.344 e. The number of benzene rings is 2. The summed E-state index contributed by atoms with van der Waals surface area (Å²) in [6.45, 7) is 5.13. The van der Waals surface area contributed by atoms with Crippen LogP contribution in [0, 0.1) is 13.8 Å². The summed E-state index contributed by atoms with van der Waals surface area (Å²) < 4.78 is 1.75. The van der Waals surface area contributed by atoms with Gasteiger partial charge in [-0.1, -0.05) is 54.6 Å². The molecule has 8 heteroatoms. The standard InChI is InChI=1S/C30H26BN7/c1-20-8-6-12-23(28(20)22-10-4-3-5-11-22)16-37(31)18-26-35-29(24-14-15-27-32-19-33-38(27)17-24)30(36-26)25-13-7-9-21(2)34-25/h3-15,17,19H,16,18H2,1-2H3,(H,35,36). The van der Waals surface area contributed by atoms with Crippen molar-refractivity contribution in [3.8, 4) is 33.8 Å². The molecule has 0 saturated carbocycles. The molecule has 0 bridgehead atoms. The zero-order valence-corrected chi connectivity index (χ0v) is 21.3. The van der Waals surface area contributed by atoms with Gasteiger partial charge >= 0.3 is 0 Å². The van der Waals surface area contributed by atoms with E-state index in [9.17, 15) is 0 Å². The Morgan fingerprint density at radius 1 is 0.842 bits per heavy atom. The molecule has 2 aromatic carbocycles. The Labute approximate surface area is 222 Å². The molecule has 0 spiro atoms.